The number of carboxylic acid groups (broad SMARTS) is 1. The lowest BCUT2D eigenvalue weighted by Crippen LogP contribution is -2.42. The van der Waals surface area contributed by atoms with Crippen LogP contribution in [0.2, 0.25) is 0 Å². The van der Waals surface area contributed by atoms with Gasteiger partial charge in [-0.2, -0.15) is 35.1 Å². The highest BCUT2D eigenvalue weighted by atomic mass is 19.4. The lowest BCUT2D eigenvalue weighted by Gasteiger charge is -2.45. The van der Waals surface area contributed by atoms with Crippen LogP contribution in [0, 0.1) is 17.8 Å². The fourth-order valence-corrected chi connectivity index (χ4v) is 5.35. The molecule has 1 fully saturated rings. The minimum absolute atomic E-state index is 0.241. The molecule has 4 atom stereocenters. The summed E-state index contributed by atoms with van der Waals surface area (Å²) in [6.07, 6.45) is -8.26. The second-order valence-corrected chi connectivity index (χ2v) is 11.0. The van der Waals surface area contributed by atoms with Crippen LogP contribution in [0.1, 0.15) is 80.8 Å². The van der Waals surface area contributed by atoms with Gasteiger partial charge in [0.2, 0.25) is 0 Å². The van der Waals surface area contributed by atoms with E-state index in [-0.39, 0.29) is 11.8 Å². The normalized spacial score (nSPS) is 20.9. The van der Waals surface area contributed by atoms with Crippen molar-refractivity contribution in [2.75, 3.05) is 6.54 Å². The Morgan fingerprint density at radius 1 is 0.875 bits per heavy atom. The fourth-order valence-electron chi connectivity index (χ4n) is 5.35. The topological polar surface area (TPSA) is 40.5 Å². The minimum atomic E-state index is -5.75. The highest BCUT2D eigenvalue weighted by Gasteiger charge is 2.58. The molecule has 0 aromatic heterocycles. The molecule has 3 nitrogen and oxygen atoms in total. The fraction of sp³-hybridized carbons (Fsp3) is 0.552. The van der Waals surface area contributed by atoms with Gasteiger partial charge in [-0.1, -0.05) is 57.2 Å². The summed E-state index contributed by atoms with van der Waals surface area (Å²) in [4.78, 5) is 13.7. The van der Waals surface area contributed by atoms with Gasteiger partial charge in [0, 0.05) is 17.6 Å². The molecule has 1 aliphatic rings. The van der Waals surface area contributed by atoms with Gasteiger partial charge < -0.3 is 5.11 Å². The summed E-state index contributed by atoms with van der Waals surface area (Å²) in [6.45, 7) is 5.93. The highest BCUT2D eigenvalue weighted by molar-refractivity contribution is 5.69. The molecule has 1 saturated heterocycles. The molecule has 0 amide bonds. The lowest BCUT2D eigenvalue weighted by atomic mass is 9.78. The van der Waals surface area contributed by atoms with Crippen LogP contribution in [0.5, 0.6) is 0 Å². The molecule has 0 spiro atoms. The molecule has 222 valence electrons. The first-order chi connectivity index (χ1) is 18.4. The van der Waals surface area contributed by atoms with Gasteiger partial charge >= 0.3 is 24.2 Å². The molecule has 1 heterocycles. The van der Waals surface area contributed by atoms with Crippen molar-refractivity contribution in [3.8, 4) is 0 Å². The van der Waals surface area contributed by atoms with E-state index in [9.17, 15) is 45.0 Å². The molecule has 1 unspecified atom stereocenters. The monoisotopic (exact) mass is 579 g/mol. The summed E-state index contributed by atoms with van der Waals surface area (Å²) in [5.41, 5.74) is -0.958. The van der Waals surface area contributed by atoms with Gasteiger partial charge in [-0.15, -0.1) is 0 Å². The van der Waals surface area contributed by atoms with Gasteiger partial charge in [0.1, 0.15) is 0 Å². The van der Waals surface area contributed by atoms with Crippen molar-refractivity contribution < 1.29 is 45.0 Å². The third-order valence-electron chi connectivity index (χ3n) is 7.84. The van der Waals surface area contributed by atoms with Crippen LogP contribution in [0.3, 0.4) is 0 Å². The summed E-state index contributed by atoms with van der Waals surface area (Å²) in [5.74, 6) is -6.73. The summed E-state index contributed by atoms with van der Waals surface area (Å²) in [7, 11) is 0. The van der Waals surface area contributed by atoms with Crippen molar-refractivity contribution in [3.05, 3.63) is 70.8 Å². The van der Waals surface area contributed by atoms with Crippen molar-refractivity contribution in [1.29, 1.82) is 0 Å². The average molecular weight is 580 g/mol. The molecule has 2 aromatic carbocycles. The number of carboxylic acids is 1. The van der Waals surface area contributed by atoms with Crippen molar-refractivity contribution in [3.63, 3.8) is 0 Å². The van der Waals surface area contributed by atoms with Gasteiger partial charge in [-0.25, -0.2) is 0 Å². The van der Waals surface area contributed by atoms with Crippen LogP contribution in [0.4, 0.5) is 35.1 Å². The molecule has 0 aliphatic carbocycles. The first-order valence-electron chi connectivity index (χ1n) is 13.1. The molecule has 1 aliphatic heterocycles. The summed E-state index contributed by atoms with van der Waals surface area (Å²) >= 11 is 0. The Morgan fingerprint density at radius 3 is 1.90 bits per heavy atom. The third kappa shape index (κ3) is 7.14. The molecule has 0 bridgehead atoms. The Kier molecular flexibility index (Phi) is 9.58. The van der Waals surface area contributed by atoms with Gasteiger partial charge in [0.05, 0.1) is 11.5 Å². The number of benzene rings is 2. The first-order valence-corrected chi connectivity index (χ1v) is 13.1. The van der Waals surface area contributed by atoms with Crippen molar-refractivity contribution in [2.24, 2.45) is 17.8 Å². The molecule has 0 radical (unpaired) electrons. The number of hydrogen-bond acceptors (Lipinski definition) is 2. The van der Waals surface area contributed by atoms with Crippen LogP contribution in [0.25, 0.3) is 0 Å². The summed E-state index contributed by atoms with van der Waals surface area (Å²) in [6, 6.07) is 7.74. The van der Waals surface area contributed by atoms with Crippen molar-refractivity contribution >= 4 is 5.97 Å². The van der Waals surface area contributed by atoms with Crippen molar-refractivity contribution in [1.82, 2.24) is 4.90 Å². The Morgan fingerprint density at radius 2 is 1.43 bits per heavy atom. The van der Waals surface area contributed by atoms with Crippen molar-refractivity contribution in [2.45, 2.75) is 76.8 Å². The number of aliphatic carboxylic acids is 1. The third-order valence-corrected chi connectivity index (χ3v) is 7.84. The molecule has 11 heteroatoms. The van der Waals surface area contributed by atoms with E-state index in [1.165, 1.54) is 24.3 Å². The average Bonchev–Trinajstić information content (AvgIpc) is 2.87. The van der Waals surface area contributed by atoms with E-state index >= 15 is 0 Å². The van der Waals surface area contributed by atoms with Gasteiger partial charge in [-0.3, -0.25) is 9.69 Å². The van der Waals surface area contributed by atoms with E-state index in [1.807, 2.05) is 18.7 Å². The van der Waals surface area contributed by atoms with E-state index < -0.39 is 53.4 Å². The number of alkyl halides is 8. The maximum absolute atomic E-state index is 13.9. The Labute approximate surface area is 228 Å². The quantitative estimate of drug-likeness (QED) is 0.302. The maximum Gasteiger partial charge on any atom is 0.458 e. The van der Waals surface area contributed by atoms with Crippen LogP contribution in [-0.2, 0) is 16.9 Å². The standard InChI is InChI=1S/C29H33F8NO2/c1-17(2)4-13-24(19-5-9-22(10-6-19)27(30,31)29(35,36)37)38-15-14-21(18(3)26(39)40)16-25(38)20-7-11-23(12-8-20)28(32,33)34/h5-12,17-18,21,24-25H,4,13-16H2,1-3H3,(H,39,40)/t18?,21-,24-,25+/m1/s1. The molecule has 40 heavy (non-hydrogen) atoms. The van der Waals surface area contributed by atoms with E-state index in [0.29, 0.717) is 43.4 Å². The smallest absolute Gasteiger partial charge is 0.458 e. The molecule has 3 rings (SSSR count). The Bertz CT molecular complexity index is 1130. The van der Waals surface area contributed by atoms with Crippen LogP contribution in [-0.4, -0.2) is 28.7 Å². The second-order valence-electron chi connectivity index (χ2n) is 11.0. The Hall–Kier alpha value is -2.69. The predicted molar refractivity (Wildman–Crippen MR) is 134 cm³/mol. The van der Waals surface area contributed by atoms with Crippen LogP contribution in [0.15, 0.2) is 48.5 Å². The maximum atomic E-state index is 13.9. The SMILES string of the molecule is CC(C)CC[C@H](c1ccc(C(F)(F)C(F)(F)F)cc1)N1CC[C@@H](C(C)C(=O)O)C[C@H]1c1ccc(C(F)(F)F)cc1. The summed E-state index contributed by atoms with van der Waals surface area (Å²) < 4.78 is 106. The number of likely N-dealkylation sites (tertiary alicyclic amines) is 1. The zero-order valence-electron chi connectivity index (χ0n) is 22.4. The van der Waals surface area contributed by atoms with E-state index in [0.717, 1.165) is 24.3 Å². The molecular formula is C29H33F8NO2. The molecule has 0 saturated carbocycles. The number of hydrogen-bond donors (Lipinski definition) is 1. The van der Waals surface area contributed by atoms with Gasteiger partial charge in [-0.05, 0) is 67.3 Å². The lowest BCUT2D eigenvalue weighted by molar-refractivity contribution is -0.289. The zero-order chi connectivity index (χ0) is 30.0. The number of rotatable bonds is 9. The summed E-state index contributed by atoms with van der Waals surface area (Å²) in [5, 5.41) is 9.58. The number of halogens is 8. The molecular weight excluding hydrogens is 546 g/mol. The zero-order valence-corrected chi connectivity index (χ0v) is 22.4. The predicted octanol–water partition coefficient (Wildman–Crippen LogP) is 9.01. The van der Waals surface area contributed by atoms with Gasteiger partial charge in [0.15, 0.2) is 0 Å². The van der Waals surface area contributed by atoms with E-state index in [2.05, 4.69) is 0 Å². The van der Waals surface area contributed by atoms with Crippen LogP contribution < -0.4 is 0 Å². The Balaban J connectivity index is 2.03. The minimum Gasteiger partial charge on any atom is -0.481 e. The highest BCUT2D eigenvalue weighted by Crippen LogP contribution is 2.46. The van der Waals surface area contributed by atoms with E-state index in [1.54, 1.807) is 6.92 Å². The second kappa shape index (κ2) is 12.0. The first kappa shape index (κ1) is 31.8. The van der Waals surface area contributed by atoms with Gasteiger partial charge in [0.25, 0.3) is 0 Å². The largest absolute Gasteiger partial charge is 0.481 e. The molecule has 2 aromatic rings. The molecule has 1 N–H and O–H groups in total. The number of carbonyl (C=O) groups is 1. The number of piperidine rings is 1. The number of nitrogens with zero attached hydrogens (tertiary/aromatic N) is 1. The van der Waals surface area contributed by atoms with Crippen LogP contribution >= 0.6 is 0 Å². The van der Waals surface area contributed by atoms with E-state index in [4.69, 9.17) is 0 Å².